The number of piperidine rings is 1. The van der Waals surface area contributed by atoms with Crippen LogP contribution in [0.1, 0.15) is 12.8 Å². The fourth-order valence-electron chi connectivity index (χ4n) is 2.71. The van der Waals surface area contributed by atoms with E-state index in [0.29, 0.717) is 12.5 Å². The Hall–Kier alpha value is -1.59. The number of carbonyl (C=O) groups is 1. The molecule has 0 saturated carbocycles. The third kappa shape index (κ3) is 5.36. The lowest BCUT2D eigenvalue weighted by Crippen LogP contribution is -2.39. The van der Waals surface area contributed by atoms with Gasteiger partial charge in [0, 0.05) is 12.2 Å². The number of methoxy groups -OCH3 is 1. The molecule has 1 unspecified atom stereocenters. The van der Waals surface area contributed by atoms with Crippen LogP contribution in [0.4, 0.5) is 5.69 Å². The predicted octanol–water partition coefficient (Wildman–Crippen LogP) is 1.57. The second-order valence-electron chi connectivity index (χ2n) is 5.68. The highest BCUT2D eigenvalue weighted by Crippen LogP contribution is 2.15. The summed E-state index contributed by atoms with van der Waals surface area (Å²) in [5.41, 5.74) is 0.792. The fraction of sp³-hybridized carbons (Fsp3) is 0.562. The van der Waals surface area contributed by atoms with Crippen molar-refractivity contribution in [3.8, 4) is 5.75 Å². The molecule has 0 aliphatic carbocycles. The molecule has 1 saturated heterocycles. The monoisotopic (exact) mass is 291 g/mol. The molecule has 116 valence electrons. The highest BCUT2D eigenvalue weighted by molar-refractivity contribution is 5.92. The largest absolute Gasteiger partial charge is 0.497 e. The molecule has 5 heteroatoms. The van der Waals surface area contributed by atoms with Crippen LogP contribution in [0.5, 0.6) is 5.75 Å². The van der Waals surface area contributed by atoms with Gasteiger partial charge >= 0.3 is 0 Å². The third-order valence-electron chi connectivity index (χ3n) is 3.81. The van der Waals surface area contributed by atoms with Crippen LogP contribution in [0.3, 0.4) is 0 Å². The standard InChI is InChI=1S/C16H25N3O2/c1-19-9-3-4-13(12-19)10-17-11-16(20)18-14-5-7-15(21-2)8-6-14/h5-8,13,17H,3-4,9-12H2,1-2H3,(H,18,20). The van der Waals surface area contributed by atoms with Crippen LogP contribution >= 0.6 is 0 Å². The van der Waals surface area contributed by atoms with Gasteiger partial charge in [-0.3, -0.25) is 4.79 Å². The molecule has 1 fully saturated rings. The van der Waals surface area contributed by atoms with E-state index in [9.17, 15) is 4.79 Å². The summed E-state index contributed by atoms with van der Waals surface area (Å²) in [6, 6.07) is 7.35. The second kappa shape index (κ2) is 8.00. The predicted molar refractivity (Wildman–Crippen MR) is 84.7 cm³/mol. The van der Waals surface area contributed by atoms with Crippen LogP contribution in [0.2, 0.25) is 0 Å². The Morgan fingerprint density at radius 2 is 2.14 bits per heavy atom. The summed E-state index contributed by atoms with van der Waals surface area (Å²) in [5.74, 6) is 1.43. The number of hydrogen-bond donors (Lipinski definition) is 2. The van der Waals surface area contributed by atoms with E-state index < -0.39 is 0 Å². The Kier molecular flexibility index (Phi) is 6.02. The SMILES string of the molecule is COc1ccc(NC(=O)CNCC2CCCN(C)C2)cc1. The number of rotatable bonds is 6. The quantitative estimate of drug-likeness (QED) is 0.835. The van der Waals surface area contributed by atoms with Crippen LogP contribution in [0.25, 0.3) is 0 Å². The van der Waals surface area contributed by atoms with E-state index in [1.54, 1.807) is 7.11 Å². The van der Waals surface area contributed by atoms with Gasteiger partial charge in [0.15, 0.2) is 0 Å². The molecule has 0 radical (unpaired) electrons. The lowest BCUT2D eigenvalue weighted by Gasteiger charge is -2.29. The van der Waals surface area contributed by atoms with Crippen LogP contribution in [0.15, 0.2) is 24.3 Å². The van der Waals surface area contributed by atoms with E-state index in [-0.39, 0.29) is 5.91 Å². The summed E-state index contributed by atoms with van der Waals surface area (Å²) in [4.78, 5) is 14.2. The Labute approximate surface area is 126 Å². The first-order valence-electron chi connectivity index (χ1n) is 7.50. The number of nitrogens with zero attached hydrogens (tertiary/aromatic N) is 1. The average molecular weight is 291 g/mol. The van der Waals surface area contributed by atoms with Crippen molar-refractivity contribution < 1.29 is 9.53 Å². The lowest BCUT2D eigenvalue weighted by atomic mass is 9.98. The van der Waals surface area contributed by atoms with Crippen molar-refractivity contribution in [1.29, 1.82) is 0 Å². The fourth-order valence-corrected chi connectivity index (χ4v) is 2.71. The maximum atomic E-state index is 11.9. The Balaban J connectivity index is 1.67. The molecule has 5 nitrogen and oxygen atoms in total. The molecule has 2 rings (SSSR count). The summed E-state index contributed by atoms with van der Waals surface area (Å²) >= 11 is 0. The third-order valence-corrected chi connectivity index (χ3v) is 3.81. The van der Waals surface area contributed by atoms with Crippen molar-refractivity contribution in [2.75, 3.05) is 45.7 Å². The number of ether oxygens (including phenoxy) is 1. The van der Waals surface area contributed by atoms with Gasteiger partial charge < -0.3 is 20.3 Å². The number of likely N-dealkylation sites (tertiary alicyclic amines) is 1. The zero-order valence-corrected chi connectivity index (χ0v) is 12.9. The van der Waals surface area contributed by atoms with Crippen molar-refractivity contribution in [3.63, 3.8) is 0 Å². The minimum absolute atomic E-state index is 0.00988. The van der Waals surface area contributed by atoms with E-state index in [1.165, 1.54) is 19.4 Å². The number of anilines is 1. The van der Waals surface area contributed by atoms with Gasteiger partial charge in [0.25, 0.3) is 0 Å². The van der Waals surface area contributed by atoms with Crippen molar-refractivity contribution in [2.24, 2.45) is 5.92 Å². The molecule has 1 heterocycles. The number of benzene rings is 1. The molecule has 0 spiro atoms. The summed E-state index contributed by atoms with van der Waals surface area (Å²) in [6.45, 7) is 3.56. The van der Waals surface area contributed by atoms with Crippen LogP contribution < -0.4 is 15.4 Å². The molecule has 1 aromatic carbocycles. The average Bonchev–Trinajstić information content (AvgIpc) is 2.48. The van der Waals surface area contributed by atoms with Crippen LogP contribution in [-0.4, -0.2) is 51.1 Å². The lowest BCUT2D eigenvalue weighted by molar-refractivity contribution is -0.115. The van der Waals surface area contributed by atoms with Gasteiger partial charge in [0.2, 0.25) is 5.91 Å². The number of carbonyl (C=O) groups excluding carboxylic acids is 1. The van der Waals surface area contributed by atoms with Crippen LogP contribution in [0, 0.1) is 5.92 Å². The zero-order chi connectivity index (χ0) is 15.1. The molecule has 1 amide bonds. The second-order valence-corrected chi connectivity index (χ2v) is 5.68. The van der Waals surface area contributed by atoms with Gasteiger partial charge in [0.05, 0.1) is 13.7 Å². The topological polar surface area (TPSA) is 53.6 Å². The molecule has 1 aromatic rings. The van der Waals surface area contributed by atoms with Crippen molar-refractivity contribution in [2.45, 2.75) is 12.8 Å². The summed E-state index contributed by atoms with van der Waals surface area (Å²) < 4.78 is 5.09. The smallest absolute Gasteiger partial charge is 0.238 e. The Morgan fingerprint density at radius 3 is 2.81 bits per heavy atom. The maximum absolute atomic E-state index is 11.9. The minimum Gasteiger partial charge on any atom is -0.497 e. The van der Waals surface area contributed by atoms with Gasteiger partial charge in [-0.1, -0.05) is 0 Å². The molecule has 1 aliphatic rings. The summed E-state index contributed by atoms with van der Waals surface area (Å²) in [5, 5.41) is 6.13. The first kappa shape index (κ1) is 15.8. The normalized spacial score (nSPS) is 19.2. The Bertz CT molecular complexity index is 447. The molecular weight excluding hydrogens is 266 g/mol. The summed E-state index contributed by atoms with van der Waals surface area (Å²) in [7, 11) is 3.78. The van der Waals surface area contributed by atoms with E-state index in [2.05, 4.69) is 22.6 Å². The van der Waals surface area contributed by atoms with Crippen molar-refractivity contribution >= 4 is 11.6 Å². The van der Waals surface area contributed by atoms with Crippen LogP contribution in [-0.2, 0) is 4.79 Å². The van der Waals surface area contributed by atoms with Crippen molar-refractivity contribution in [1.82, 2.24) is 10.2 Å². The zero-order valence-electron chi connectivity index (χ0n) is 12.9. The molecule has 1 aliphatic heterocycles. The molecule has 0 aromatic heterocycles. The highest BCUT2D eigenvalue weighted by atomic mass is 16.5. The maximum Gasteiger partial charge on any atom is 0.238 e. The van der Waals surface area contributed by atoms with Gasteiger partial charge in [-0.15, -0.1) is 0 Å². The molecule has 0 bridgehead atoms. The van der Waals surface area contributed by atoms with E-state index in [1.807, 2.05) is 24.3 Å². The minimum atomic E-state index is -0.00988. The molecule has 1 atom stereocenters. The molecule has 21 heavy (non-hydrogen) atoms. The van der Waals surface area contributed by atoms with Crippen molar-refractivity contribution in [3.05, 3.63) is 24.3 Å². The highest BCUT2D eigenvalue weighted by Gasteiger charge is 2.16. The van der Waals surface area contributed by atoms with Gasteiger partial charge in [-0.05, 0) is 63.2 Å². The summed E-state index contributed by atoms with van der Waals surface area (Å²) in [6.07, 6.45) is 2.50. The van der Waals surface area contributed by atoms with E-state index in [4.69, 9.17) is 4.74 Å². The molecule has 2 N–H and O–H groups in total. The molecular formula is C16H25N3O2. The van der Waals surface area contributed by atoms with Gasteiger partial charge in [-0.2, -0.15) is 0 Å². The first-order valence-corrected chi connectivity index (χ1v) is 7.50. The van der Waals surface area contributed by atoms with Gasteiger partial charge in [0.1, 0.15) is 5.75 Å². The number of nitrogens with one attached hydrogen (secondary N) is 2. The number of hydrogen-bond acceptors (Lipinski definition) is 4. The first-order chi connectivity index (χ1) is 10.2. The van der Waals surface area contributed by atoms with E-state index in [0.717, 1.165) is 24.5 Å². The number of amides is 1. The Morgan fingerprint density at radius 1 is 1.38 bits per heavy atom. The van der Waals surface area contributed by atoms with Gasteiger partial charge in [-0.25, -0.2) is 0 Å². The van der Waals surface area contributed by atoms with E-state index >= 15 is 0 Å².